The maximum atomic E-state index is 12.8. The van der Waals surface area contributed by atoms with E-state index in [4.69, 9.17) is 0 Å². The number of piperidine rings is 1. The Morgan fingerprint density at radius 3 is 2.39 bits per heavy atom. The number of hydrogen-bond donors (Lipinski definition) is 2. The van der Waals surface area contributed by atoms with Gasteiger partial charge in [0.1, 0.15) is 12.4 Å². The topological polar surface area (TPSA) is 113 Å². The molecule has 1 aliphatic rings. The van der Waals surface area contributed by atoms with Crippen LogP contribution in [-0.4, -0.2) is 59.9 Å². The van der Waals surface area contributed by atoms with Gasteiger partial charge in [-0.15, -0.1) is 0 Å². The number of hydrogen-bond acceptors (Lipinski definition) is 5. The Balaban J connectivity index is 1.62. The van der Waals surface area contributed by atoms with E-state index in [-0.39, 0.29) is 42.2 Å². The third-order valence-corrected chi connectivity index (χ3v) is 7.16. The number of imidazole rings is 1. The van der Waals surface area contributed by atoms with Gasteiger partial charge in [-0.25, -0.2) is 13.4 Å². The maximum Gasteiger partial charge on any atom is 0.405 e. The van der Waals surface area contributed by atoms with E-state index < -0.39 is 40.5 Å². The van der Waals surface area contributed by atoms with Crippen molar-refractivity contribution < 1.29 is 31.2 Å². The molecule has 0 bridgehead atoms. The van der Waals surface area contributed by atoms with E-state index in [1.54, 1.807) is 29.9 Å². The van der Waals surface area contributed by atoms with E-state index in [0.29, 0.717) is 5.82 Å². The van der Waals surface area contributed by atoms with Gasteiger partial charge in [-0.05, 0) is 31.9 Å². The zero-order chi connectivity index (χ0) is 24.4. The van der Waals surface area contributed by atoms with Crippen LogP contribution in [0.3, 0.4) is 0 Å². The fraction of sp³-hybridized carbons (Fsp3) is 0.450. The molecule has 0 aliphatic carbocycles. The van der Waals surface area contributed by atoms with Gasteiger partial charge in [0, 0.05) is 32.3 Å². The number of carbonyl (C=O) groups excluding carboxylic acids is 2. The standard InChI is InChI=1S/C20H24F3N5O4S/c1-13-25-17(11-27(13)2)33(31,32)28-9-7-14(8-10-28)18(29)26-16-6-4-3-5-15(16)19(30)24-12-20(21,22)23/h3-6,11,14H,7-10,12H2,1-2H3,(H,24,30)(H,26,29). The first-order chi connectivity index (χ1) is 15.4. The second kappa shape index (κ2) is 9.51. The number of aryl methyl sites for hydroxylation is 2. The molecule has 0 atom stereocenters. The summed E-state index contributed by atoms with van der Waals surface area (Å²) in [4.78, 5) is 28.9. The Bertz CT molecular complexity index is 1120. The van der Waals surface area contributed by atoms with Gasteiger partial charge in [0.05, 0.1) is 11.3 Å². The summed E-state index contributed by atoms with van der Waals surface area (Å²) in [6, 6.07) is 5.75. The second-order valence-electron chi connectivity index (χ2n) is 7.75. The molecule has 13 heteroatoms. The van der Waals surface area contributed by atoms with Gasteiger partial charge < -0.3 is 15.2 Å². The first-order valence-corrected chi connectivity index (χ1v) is 11.6. The number of halogens is 3. The molecule has 1 aromatic heterocycles. The molecular formula is C20H24F3N5O4S. The monoisotopic (exact) mass is 487 g/mol. The van der Waals surface area contributed by atoms with Crippen molar-refractivity contribution in [3.05, 3.63) is 41.9 Å². The van der Waals surface area contributed by atoms with Crippen molar-refractivity contribution in [3.63, 3.8) is 0 Å². The number of anilines is 1. The van der Waals surface area contributed by atoms with Crippen molar-refractivity contribution in [1.82, 2.24) is 19.2 Å². The third kappa shape index (κ3) is 5.90. The van der Waals surface area contributed by atoms with Gasteiger partial charge in [-0.1, -0.05) is 12.1 Å². The smallest absolute Gasteiger partial charge is 0.343 e. The lowest BCUT2D eigenvalue weighted by atomic mass is 9.97. The number of sulfonamides is 1. The Hall–Kier alpha value is -2.93. The van der Waals surface area contributed by atoms with E-state index in [1.807, 2.05) is 0 Å². The summed E-state index contributed by atoms with van der Waals surface area (Å²) in [5, 5.41) is 4.32. The normalized spacial score (nSPS) is 15.9. The number of amides is 2. The molecule has 3 rings (SSSR count). The highest BCUT2D eigenvalue weighted by Crippen LogP contribution is 2.25. The zero-order valence-electron chi connectivity index (χ0n) is 18.0. The first kappa shape index (κ1) is 24.7. The van der Waals surface area contributed by atoms with Crippen molar-refractivity contribution in [3.8, 4) is 0 Å². The number of rotatable bonds is 6. The van der Waals surface area contributed by atoms with E-state index in [1.165, 1.54) is 28.7 Å². The lowest BCUT2D eigenvalue weighted by Crippen LogP contribution is -2.41. The zero-order valence-corrected chi connectivity index (χ0v) is 18.8. The van der Waals surface area contributed by atoms with E-state index in [0.717, 1.165) is 0 Å². The Morgan fingerprint density at radius 1 is 1.18 bits per heavy atom. The van der Waals surface area contributed by atoms with Gasteiger partial charge in [0.25, 0.3) is 15.9 Å². The number of para-hydroxylation sites is 1. The Labute approximate surface area is 189 Å². The molecule has 2 heterocycles. The van der Waals surface area contributed by atoms with Crippen LogP contribution in [0.15, 0.2) is 35.5 Å². The van der Waals surface area contributed by atoms with Crippen LogP contribution in [-0.2, 0) is 21.9 Å². The predicted octanol–water partition coefficient (Wildman–Crippen LogP) is 2.06. The van der Waals surface area contributed by atoms with Crippen molar-refractivity contribution >= 4 is 27.5 Å². The molecular weight excluding hydrogens is 463 g/mol. The molecule has 2 N–H and O–H groups in total. The highest BCUT2D eigenvalue weighted by molar-refractivity contribution is 7.89. The molecule has 1 aliphatic heterocycles. The summed E-state index contributed by atoms with van der Waals surface area (Å²) in [7, 11) is -2.09. The summed E-state index contributed by atoms with van der Waals surface area (Å²) in [6.45, 7) is 0.432. The molecule has 0 saturated carbocycles. The fourth-order valence-electron chi connectivity index (χ4n) is 3.44. The quantitative estimate of drug-likeness (QED) is 0.648. The van der Waals surface area contributed by atoms with Gasteiger partial charge in [0.2, 0.25) is 5.91 Å². The average molecular weight is 488 g/mol. The first-order valence-electron chi connectivity index (χ1n) is 10.1. The van der Waals surface area contributed by atoms with Crippen LogP contribution in [0.5, 0.6) is 0 Å². The Kier molecular flexibility index (Phi) is 7.12. The van der Waals surface area contributed by atoms with Crippen LogP contribution in [0.25, 0.3) is 0 Å². The number of benzene rings is 1. The minimum atomic E-state index is -4.56. The van der Waals surface area contributed by atoms with E-state index in [2.05, 4.69) is 10.3 Å². The van der Waals surface area contributed by atoms with Gasteiger partial charge in [-0.3, -0.25) is 9.59 Å². The van der Waals surface area contributed by atoms with Gasteiger partial charge >= 0.3 is 6.18 Å². The molecule has 2 aromatic rings. The molecule has 1 fully saturated rings. The van der Waals surface area contributed by atoms with Crippen molar-refractivity contribution in [2.75, 3.05) is 25.0 Å². The number of nitrogens with zero attached hydrogens (tertiary/aromatic N) is 3. The highest BCUT2D eigenvalue weighted by Gasteiger charge is 2.34. The summed E-state index contributed by atoms with van der Waals surface area (Å²) in [6.07, 6.45) is -2.63. The largest absolute Gasteiger partial charge is 0.405 e. The van der Waals surface area contributed by atoms with Crippen molar-refractivity contribution in [2.24, 2.45) is 13.0 Å². The van der Waals surface area contributed by atoms with Crippen LogP contribution in [0, 0.1) is 12.8 Å². The molecule has 1 saturated heterocycles. The predicted molar refractivity (Wildman–Crippen MR) is 113 cm³/mol. The molecule has 33 heavy (non-hydrogen) atoms. The van der Waals surface area contributed by atoms with Gasteiger partial charge in [0.15, 0.2) is 5.03 Å². The third-order valence-electron chi connectivity index (χ3n) is 5.39. The summed E-state index contributed by atoms with van der Waals surface area (Å²) < 4.78 is 65.7. The van der Waals surface area contributed by atoms with Crippen molar-refractivity contribution in [1.29, 1.82) is 0 Å². The van der Waals surface area contributed by atoms with Gasteiger partial charge in [-0.2, -0.15) is 17.5 Å². The minimum Gasteiger partial charge on any atom is -0.343 e. The van der Waals surface area contributed by atoms with E-state index in [9.17, 15) is 31.2 Å². The van der Waals surface area contributed by atoms with Crippen molar-refractivity contribution in [2.45, 2.75) is 31.0 Å². The fourth-order valence-corrected chi connectivity index (χ4v) is 4.94. The number of nitrogens with one attached hydrogen (secondary N) is 2. The van der Waals surface area contributed by atoms with Crippen LogP contribution >= 0.6 is 0 Å². The van der Waals surface area contributed by atoms with Crippen LogP contribution < -0.4 is 10.6 Å². The molecule has 1 aromatic carbocycles. The summed E-state index contributed by atoms with van der Waals surface area (Å²) in [5.41, 5.74) is -0.0122. The molecule has 180 valence electrons. The number of aromatic nitrogens is 2. The summed E-state index contributed by atoms with van der Waals surface area (Å²) >= 11 is 0. The second-order valence-corrected chi connectivity index (χ2v) is 9.63. The lowest BCUT2D eigenvalue weighted by Gasteiger charge is -2.30. The minimum absolute atomic E-state index is 0.0517. The molecule has 2 amide bonds. The SMILES string of the molecule is Cc1nc(S(=O)(=O)N2CCC(C(=O)Nc3ccccc3C(=O)NCC(F)(F)F)CC2)cn1C. The average Bonchev–Trinajstić information content (AvgIpc) is 3.11. The Morgan fingerprint density at radius 2 is 1.82 bits per heavy atom. The number of alkyl halides is 3. The van der Waals surface area contributed by atoms with Crippen LogP contribution in [0.1, 0.15) is 29.0 Å². The number of carbonyl (C=O) groups is 2. The molecule has 0 radical (unpaired) electrons. The lowest BCUT2D eigenvalue weighted by molar-refractivity contribution is -0.123. The van der Waals surface area contributed by atoms with E-state index >= 15 is 0 Å². The molecule has 9 nitrogen and oxygen atoms in total. The highest BCUT2D eigenvalue weighted by atomic mass is 32.2. The maximum absolute atomic E-state index is 12.8. The summed E-state index contributed by atoms with van der Waals surface area (Å²) in [5.74, 6) is -1.36. The molecule has 0 spiro atoms. The molecule has 0 unspecified atom stereocenters. The van der Waals surface area contributed by atoms with Crippen LogP contribution in [0.4, 0.5) is 18.9 Å². The van der Waals surface area contributed by atoms with Crippen LogP contribution in [0.2, 0.25) is 0 Å².